The summed E-state index contributed by atoms with van der Waals surface area (Å²) in [7, 11) is 0. The molecule has 3 fully saturated rings. The number of benzene rings is 2. The summed E-state index contributed by atoms with van der Waals surface area (Å²) in [6.07, 6.45) is 10.6. The van der Waals surface area contributed by atoms with Crippen LogP contribution in [-0.2, 0) is 4.74 Å². The molecule has 8 heteroatoms. The smallest absolute Gasteiger partial charge is 0.319 e. The van der Waals surface area contributed by atoms with Crippen LogP contribution in [0.4, 0.5) is 10.5 Å². The number of carbonyl (C=O) groups excluding carboxylic acids is 1. The van der Waals surface area contributed by atoms with Gasteiger partial charge in [-0.3, -0.25) is 0 Å². The predicted octanol–water partition coefficient (Wildman–Crippen LogP) is 7.23. The minimum atomic E-state index is -0.143. The van der Waals surface area contributed by atoms with Gasteiger partial charge in [-0.2, -0.15) is 0 Å². The second-order valence-corrected chi connectivity index (χ2v) is 11.4. The Morgan fingerprint density at radius 1 is 1.00 bits per heavy atom. The van der Waals surface area contributed by atoms with E-state index in [4.69, 9.17) is 14.0 Å². The Hall–Kier alpha value is -3.78. The third kappa shape index (κ3) is 4.74. The molecule has 0 atom stereocenters. The van der Waals surface area contributed by atoms with Crippen molar-refractivity contribution in [2.75, 3.05) is 18.5 Å². The van der Waals surface area contributed by atoms with Crippen LogP contribution in [0, 0.1) is 6.92 Å². The number of hydrogen-bond acceptors (Lipinski definition) is 5. The Balaban J connectivity index is 1.30. The summed E-state index contributed by atoms with van der Waals surface area (Å²) in [4.78, 5) is 12.4. The highest BCUT2D eigenvalue weighted by Crippen LogP contribution is 2.48. The normalized spacial score (nSPS) is 18.3. The van der Waals surface area contributed by atoms with Gasteiger partial charge in [-0.1, -0.05) is 17.3 Å². The van der Waals surface area contributed by atoms with Gasteiger partial charge in [0.05, 0.1) is 36.2 Å². The quantitative estimate of drug-likeness (QED) is 0.258. The van der Waals surface area contributed by atoms with E-state index in [0.717, 1.165) is 102 Å². The van der Waals surface area contributed by atoms with Gasteiger partial charge in [0.1, 0.15) is 11.9 Å². The molecule has 1 saturated heterocycles. The standard InChI is InChI=1S/C32H36N4O4/c1-20-19-33-40-31(20)29-27-13-12-26(39-25-14-16-38-17-15-25)18-28(27)36(24-6-3-7-24)30(29)21-8-10-23(11-9-21)35-32(37)34-22-4-2-5-22/h8-13,18-19,22,24-25H,2-7,14-17H2,1H3,(H2,34,35,37). The van der Waals surface area contributed by atoms with Gasteiger partial charge >= 0.3 is 6.03 Å². The van der Waals surface area contributed by atoms with E-state index in [0.29, 0.717) is 12.1 Å². The van der Waals surface area contributed by atoms with Gasteiger partial charge in [0.15, 0.2) is 5.76 Å². The fourth-order valence-electron chi connectivity index (χ4n) is 6.04. The Labute approximate surface area is 234 Å². The topological polar surface area (TPSA) is 90.6 Å². The summed E-state index contributed by atoms with van der Waals surface area (Å²) < 4.78 is 20.3. The Morgan fingerprint density at radius 3 is 2.42 bits per heavy atom. The number of urea groups is 1. The number of nitrogens with zero attached hydrogens (tertiary/aromatic N) is 2. The second kappa shape index (κ2) is 10.7. The molecule has 0 spiro atoms. The maximum atomic E-state index is 12.4. The molecular weight excluding hydrogens is 504 g/mol. The van der Waals surface area contributed by atoms with Crippen molar-refractivity contribution < 1.29 is 18.8 Å². The third-order valence-electron chi connectivity index (χ3n) is 8.72. The number of nitrogens with one attached hydrogen (secondary N) is 2. The van der Waals surface area contributed by atoms with E-state index < -0.39 is 0 Å². The van der Waals surface area contributed by atoms with Crippen molar-refractivity contribution in [3.8, 4) is 28.3 Å². The van der Waals surface area contributed by atoms with Gasteiger partial charge < -0.3 is 29.2 Å². The van der Waals surface area contributed by atoms with Crippen LogP contribution in [0.5, 0.6) is 5.75 Å². The van der Waals surface area contributed by atoms with Crippen molar-refractivity contribution >= 4 is 22.6 Å². The largest absolute Gasteiger partial charge is 0.490 e. The maximum absolute atomic E-state index is 12.4. The van der Waals surface area contributed by atoms with Gasteiger partial charge in [0, 0.05) is 47.6 Å². The van der Waals surface area contributed by atoms with Crippen molar-refractivity contribution in [3.63, 3.8) is 0 Å². The molecule has 3 aliphatic rings. The van der Waals surface area contributed by atoms with Gasteiger partial charge in [0.25, 0.3) is 0 Å². The van der Waals surface area contributed by atoms with Gasteiger partial charge in [0.2, 0.25) is 0 Å². The van der Waals surface area contributed by atoms with Crippen molar-refractivity contribution in [2.45, 2.75) is 76.5 Å². The van der Waals surface area contributed by atoms with Crippen molar-refractivity contribution in [2.24, 2.45) is 0 Å². The van der Waals surface area contributed by atoms with E-state index in [9.17, 15) is 4.79 Å². The van der Waals surface area contributed by atoms with Crippen LogP contribution in [0.15, 0.2) is 53.2 Å². The molecule has 2 aromatic carbocycles. The number of anilines is 1. The number of fused-ring (bicyclic) bond motifs is 1. The maximum Gasteiger partial charge on any atom is 0.319 e. The zero-order chi connectivity index (χ0) is 27.1. The molecule has 40 heavy (non-hydrogen) atoms. The number of ether oxygens (including phenoxy) is 2. The Morgan fingerprint density at radius 2 is 1.77 bits per heavy atom. The average Bonchev–Trinajstić information content (AvgIpc) is 3.47. The molecule has 2 amide bonds. The monoisotopic (exact) mass is 540 g/mol. The molecule has 4 aromatic rings. The molecule has 2 aliphatic carbocycles. The molecular formula is C32H36N4O4. The lowest BCUT2D eigenvalue weighted by atomic mass is 9.92. The summed E-state index contributed by atoms with van der Waals surface area (Å²) in [6, 6.07) is 15.2. The van der Waals surface area contributed by atoms with E-state index in [1.165, 1.54) is 12.8 Å². The summed E-state index contributed by atoms with van der Waals surface area (Å²) in [5.41, 5.74) is 6.17. The number of amides is 2. The number of carbonyl (C=O) groups is 1. The highest BCUT2D eigenvalue weighted by atomic mass is 16.5. The molecule has 8 nitrogen and oxygen atoms in total. The lowest BCUT2D eigenvalue weighted by Crippen LogP contribution is -2.41. The summed E-state index contributed by atoms with van der Waals surface area (Å²) in [5.74, 6) is 1.68. The minimum absolute atomic E-state index is 0.143. The third-order valence-corrected chi connectivity index (χ3v) is 8.72. The molecule has 1 aliphatic heterocycles. The highest BCUT2D eigenvalue weighted by molar-refractivity contribution is 6.04. The zero-order valence-electron chi connectivity index (χ0n) is 22.9. The van der Waals surface area contributed by atoms with Crippen LogP contribution >= 0.6 is 0 Å². The molecule has 0 bridgehead atoms. The molecule has 2 aromatic heterocycles. The van der Waals surface area contributed by atoms with Crippen LogP contribution in [0.2, 0.25) is 0 Å². The van der Waals surface area contributed by atoms with Gasteiger partial charge in [-0.05, 0) is 75.3 Å². The highest BCUT2D eigenvalue weighted by Gasteiger charge is 2.30. The fraction of sp³-hybridized carbons (Fsp3) is 0.438. The average molecular weight is 541 g/mol. The van der Waals surface area contributed by atoms with Crippen molar-refractivity contribution in [3.05, 3.63) is 54.2 Å². The molecule has 7 rings (SSSR count). The van der Waals surface area contributed by atoms with Crippen molar-refractivity contribution in [1.29, 1.82) is 0 Å². The lowest BCUT2D eigenvalue weighted by Gasteiger charge is -2.30. The first-order valence-electron chi connectivity index (χ1n) is 14.7. The zero-order valence-corrected chi connectivity index (χ0v) is 22.9. The van der Waals surface area contributed by atoms with Crippen LogP contribution in [0.25, 0.3) is 33.5 Å². The van der Waals surface area contributed by atoms with Crippen LogP contribution in [0.1, 0.15) is 63.0 Å². The van der Waals surface area contributed by atoms with E-state index in [2.05, 4.69) is 50.7 Å². The van der Waals surface area contributed by atoms with Crippen molar-refractivity contribution in [1.82, 2.24) is 15.0 Å². The number of hydrogen-bond donors (Lipinski definition) is 2. The SMILES string of the molecule is Cc1cnoc1-c1c(-c2ccc(NC(=O)NC3CCC3)cc2)n(C2CCC2)c2cc(OC3CCOCC3)ccc12. The number of rotatable bonds is 7. The van der Waals surface area contributed by atoms with E-state index in [-0.39, 0.29) is 12.1 Å². The minimum Gasteiger partial charge on any atom is -0.490 e. The Kier molecular flexibility index (Phi) is 6.71. The Bertz CT molecular complexity index is 1510. The van der Waals surface area contributed by atoms with Crippen LogP contribution < -0.4 is 15.4 Å². The molecule has 2 saturated carbocycles. The van der Waals surface area contributed by atoms with Gasteiger partial charge in [-0.25, -0.2) is 4.79 Å². The van der Waals surface area contributed by atoms with E-state index >= 15 is 0 Å². The first-order chi connectivity index (χ1) is 19.6. The first-order valence-corrected chi connectivity index (χ1v) is 14.7. The second-order valence-electron chi connectivity index (χ2n) is 11.4. The first kappa shape index (κ1) is 25.2. The number of aryl methyl sites for hydroxylation is 1. The molecule has 0 radical (unpaired) electrons. The molecule has 2 N–H and O–H groups in total. The van der Waals surface area contributed by atoms with E-state index in [1.807, 2.05) is 19.1 Å². The predicted molar refractivity (Wildman–Crippen MR) is 155 cm³/mol. The van der Waals surface area contributed by atoms with E-state index in [1.54, 1.807) is 6.20 Å². The summed E-state index contributed by atoms with van der Waals surface area (Å²) in [6.45, 7) is 3.54. The van der Waals surface area contributed by atoms with Crippen LogP contribution in [-0.4, -0.2) is 41.1 Å². The fourth-order valence-corrected chi connectivity index (χ4v) is 6.04. The van der Waals surface area contributed by atoms with Crippen LogP contribution in [0.3, 0.4) is 0 Å². The summed E-state index contributed by atoms with van der Waals surface area (Å²) in [5, 5.41) is 11.3. The molecule has 3 heterocycles. The molecule has 0 unspecified atom stereocenters. The summed E-state index contributed by atoms with van der Waals surface area (Å²) >= 11 is 0. The number of aromatic nitrogens is 2. The lowest BCUT2D eigenvalue weighted by molar-refractivity contribution is 0.0256. The molecule has 208 valence electrons. The van der Waals surface area contributed by atoms with Gasteiger partial charge in [-0.15, -0.1) is 0 Å².